The van der Waals surface area contributed by atoms with Gasteiger partial charge in [-0.1, -0.05) is 12.5 Å². The van der Waals surface area contributed by atoms with E-state index in [2.05, 4.69) is 36.2 Å². The molecule has 0 spiro atoms. The molecule has 2 bridgehead atoms. The van der Waals surface area contributed by atoms with Gasteiger partial charge in [0, 0.05) is 43.5 Å². The number of ether oxygens (including phenoxy) is 2. The second kappa shape index (κ2) is 14.8. The van der Waals surface area contributed by atoms with E-state index in [-0.39, 0.29) is 12.5 Å². The van der Waals surface area contributed by atoms with Gasteiger partial charge in [0.1, 0.15) is 0 Å². The summed E-state index contributed by atoms with van der Waals surface area (Å²) in [7, 11) is 0. The van der Waals surface area contributed by atoms with Gasteiger partial charge in [0.05, 0.1) is 26.4 Å². The number of carbonyl (C=O) groups is 1. The van der Waals surface area contributed by atoms with Crippen molar-refractivity contribution < 1.29 is 19.4 Å². The summed E-state index contributed by atoms with van der Waals surface area (Å²) in [5, 5.41) is 21.9. The molecule has 12 nitrogen and oxygen atoms in total. The molecule has 2 aromatic rings. The first kappa shape index (κ1) is 28.0. The van der Waals surface area contributed by atoms with Crippen molar-refractivity contribution in [2.45, 2.75) is 38.1 Å². The Morgan fingerprint density at radius 3 is 2.58 bits per heavy atom. The predicted octanol–water partition coefficient (Wildman–Crippen LogP) is 1.73. The van der Waals surface area contributed by atoms with E-state index < -0.39 is 0 Å². The lowest BCUT2D eigenvalue weighted by Crippen LogP contribution is -2.27. The van der Waals surface area contributed by atoms with E-state index in [1.165, 1.54) is 19.3 Å². The van der Waals surface area contributed by atoms with Crippen molar-refractivity contribution in [2.24, 2.45) is 17.6 Å². The van der Waals surface area contributed by atoms with E-state index in [4.69, 9.17) is 20.3 Å². The molecule has 7 N–H and O–H groups in total. The van der Waals surface area contributed by atoms with Crippen LogP contribution < -0.4 is 27.0 Å². The molecule has 3 atom stereocenters. The van der Waals surface area contributed by atoms with Crippen LogP contribution in [-0.2, 0) is 9.47 Å². The first-order valence-corrected chi connectivity index (χ1v) is 13.5. The van der Waals surface area contributed by atoms with E-state index in [1.54, 1.807) is 18.2 Å². The van der Waals surface area contributed by atoms with Gasteiger partial charge in [0.15, 0.2) is 0 Å². The fourth-order valence-electron chi connectivity index (χ4n) is 5.05. The molecule has 1 heterocycles. The van der Waals surface area contributed by atoms with Crippen molar-refractivity contribution in [1.82, 2.24) is 20.3 Å². The lowest BCUT2D eigenvalue weighted by molar-refractivity contribution is 0.0511. The second-order valence-electron chi connectivity index (χ2n) is 9.71. The molecule has 38 heavy (non-hydrogen) atoms. The van der Waals surface area contributed by atoms with Crippen molar-refractivity contribution in [3.63, 3.8) is 0 Å². The van der Waals surface area contributed by atoms with Crippen molar-refractivity contribution in [3.8, 4) is 0 Å². The molecule has 2 fully saturated rings. The zero-order valence-electron chi connectivity index (χ0n) is 21.8. The topological polar surface area (TPSA) is 169 Å². The first-order valence-electron chi connectivity index (χ1n) is 13.5. The van der Waals surface area contributed by atoms with Gasteiger partial charge in [-0.25, -0.2) is 0 Å². The summed E-state index contributed by atoms with van der Waals surface area (Å²) in [6.07, 6.45) is 5.59. The lowest BCUT2D eigenvalue weighted by Gasteiger charge is -2.23. The highest BCUT2D eigenvalue weighted by Gasteiger charge is 2.39. The summed E-state index contributed by atoms with van der Waals surface area (Å²) in [4.78, 5) is 26.3. The Labute approximate surface area is 223 Å². The van der Waals surface area contributed by atoms with Gasteiger partial charge in [0.2, 0.25) is 17.8 Å². The number of nitrogens with two attached hydrogens (primary N) is 1. The van der Waals surface area contributed by atoms with Gasteiger partial charge >= 0.3 is 0 Å². The number of fused-ring (bicyclic) bond motifs is 2. The average Bonchev–Trinajstić information content (AvgIpc) is 3.54. The van der Waals surface area contributed by atoms with Crippen molar-refractivity contribution >= 4 is 29.4 Å². The molecule has 12 heteroatoms. The van der Waals surface area contributed by atoms with Crippen LogP contribution in [0.5, 0.6) is 0 Å². The molecule has 1 aromatic heterocycles. The Hall–Kier alpha value is -3.06. The summed E-state index contributed by atoms with van der Waals surface area (Å²) in [5.74, 6) is 2.61. The zero-order valence-corrected chi connectivity index (χ0v) is 21.8. The molecular weight excluding hydrogens is 488 g/mol. The Morgan fingerprint density at radius 1 is 1.00 bits per heavy atom. The number of aliphatic hydroxyl groups excluding tert-OH is 1. The number of benzene rings is 1. The van der Waals surface area contributed by atoms with Crippen LogP contribution in [0.15, 0.2) is 24.3 Å². The first-order chi connectivity index (χ1) is 18.6. The molecule has 1 amide bonds. The number of anilines is 4. The van der Waals surface area contributed by atoms with E-state index in [9.17, 15) is 4.79 Å². The largest absolute Gasteiger partial charge is 0.396 e. The SMILES string of the molecule is NCCOCCOCCNC(=O)c1cccc(Nc2nc(NCCCO)nc(NC3CC4CCC3C4)n2)c1. The summed E-state index contributed by atoms with van der Waals surface area (Å²) in [5.41, 5.74) is 6.56. The number of aliphatic hydroxyl groups is 1. The highest BCUT2D eigenvalue weighted by atomic mass is 16.5. The Kier molecular flexibility index (Phi) is 10.9. The second-order valence-corrected chi connectivity index (χ2v) is 9.71. The molecule has 2 saturated carbocycles. The minimum atomic E-state index is -0.197. The molecular formula is C26H40N8O4. The fourth-order valence-corrected chi connectivity index (χ4v) is 5.05. The molecule has 3 unspecified atom stereocenters. The van der Waals surface area contributed by atoms with Crippen LogP contribution in [0.3, 0.4) is 0 Å². The number of aromatic nitrogens is 3. The Morgan fingerprint density at radius 2 is 1.82 bits per heavy atom. The third kappa shape index (κ3) is 8.48. The van der Waals surface area contributed by atoms with Crippen LogP contribution >= 0.6 is 0 Å². The van der Waals surface area contributed by atoms with E-state index >= 15 is 0 Å². The Bertz CT molecular complexity index is 1030. The molecule has 0 saturated heterocycles. The van der Waals surface area contributed by atoms with Gasteiger partial charge in [-0.2, -0.15) is 15.0 Å². The normalized spacial score (nSPS) is 19.9. The minimum Gasteiger partial charge on any atom is -0.396 e. The van der Waals surface area contributed by atoms with E-state index in [0.717, 1.165) is 12.3 Å². The number of nitrogens with one attached hydrogen (secondary N) is 4. The van der Waals surface area contributed by atoms with Gasteiger partial charge in [-0.3, -0.25) is 4.79 Å². The standard InChI is InChI=1S/C26H40N8O4/c27-7-11-37-13-14-38-12-9-28-23(36)20-3-1-4-21(17-20)30-25-32-24(29-8-2-10-35)33-26(34-25)31-22-16-18-5-6-19(22)15-18/h1,3-4,17-19,22,35H,2,5-16,27H2,(H,28,36)(H3,29,30,31,32,33,34). The number of carbonyl (C=O) groups excluding carboxylic acids is 1. The molecule has 208 valence electrons. The van der Waals surface area contributed by atoms with Gasteiger partial charge in [0.25, 0.3) is 5.91 Å². The average molecular weight is 529 g/mol. The molecule has 2 aliphatic rings. The number of nitrogens with zero attached hydrogens (tertiary/aromatic N) is 3. The molecule has 4 rings (SSSR count). The quantitative estimate of drug-likeness (QED) is 0.165. The molecule has 0 aliphatic heterocycles. The smallest absolute Gasteiger partial charge is 0.251 e. The van der Waals surface area contributed by atoms with Crippen LogP contribution in [-0.4, -0.2) is 84.7 Å². The van der Waals surface area contributed by atoms with Crippen LogP contribution in [0.2, 0.25) is 0 Å². The van der Waals surface area contributed by atoms with E-state index in [1.807, 2.05) is 6.07 Å². The molecule has 2 aliphatic carbocycles. The molecule has 0 radical (unpaired) electrons. The van der Waals surface area contributed by atoms with Gasteiger partial charge in [-0.05, 0) is 55.7 Å². The van der Waals surface area contributed by atoms with Crippen molar-refractivity contribution in [1.29, 1.82) is 0 Å². The molecule has 1 aromatic carbocycles. The van der Waals surface area contributed by atoms with Crippen LogP contribution in [0, 0.1) is 11.8 Å². The zero-order chi connectivity index (χ0) is 26.6. The van der Waals surface area contributed by atoms with Crippen LogP contribution in [0.4, 0.5) is 23.5 Å². The van der Waals surface area contributed by atoms with Gasteiger partial charge < -0.3 is 41.6 Å². The summed E-state index contributed by atoms with van der Waals surface area (Å²) in [6.45, 7) is 3.35. The third-order valence-corrected chi connectivity index (χ3v) is 6.85. The maximum absolute atomic E-state index is 12.6. The monoisotopic (exact) mass is 528 g/mol. The summed E-state index contributed by atoms with van der Waals surface area (Å²) >= 11 is 0. The van der Waals surface area contributed by atoms with Crippen LogP contribution in [0.1, 0.15) is 42.5 Å². The highest BCUT2D eigenvalue weighted by molar-refractivity contribution is 5.95. The van der Waals surface area contributed by atoms with Gasteiger partial charge in [-0.15, -0.1) is 0 Å². The predicted molar refractivity (Wildman–Crippen MR) is 146 cm³/mol. The van der Waals surface area contributed by atoms with Crippen molar-refractivity contribution in [2.75, 3.05) is 68.6 Å². The number of rotatable bonds is 17. The minimum absolute atomic E-state index is 0.0869. The van der Waals surface area contributed by atoms with E-state index in [0.29, 0.717) is 93.5 Å². The number of hydrogen-bond acceptors (Lipinski definition) is 11. The third-order valence-electron chi connectivity index (χ3n) is 6.85. The maximum atomic E-state index is 12.6. The maximum Gasteiger partial charge on any atom is 0.251 e. The lowest BCUT2D eigenvalue weighted by atomic mass is 9.95. The number of amides is 1. The summed E-state index contributed by atoms with van der Waals surface area (Å²) < 4.78 is 10.7. The number of hydrogen-bond donors (Lipinski definition) is 6. The fraction of sp³-hybridized carbons (Fsp3) is 0.615. The Balaban J connectivity index is 1.34. The van der Waals surface area contributed by atoms with Crippen LogP contribution in [0.25, 0.3) is 0 Å². The van der Waals surface area contributed by atoms with Crippen molar-refractivity contribution in [3.05, 3.63) is 29.8 Å². The highest BCUT2D eigenvalue weighted by Crippen LogP contribution is 2.45. The summed E-state index contributed by atoms with van der Waals surface area (Å²) in [6, 6.07) is 7.54.